The van der Waals surface area contributed by atoms with Gasteiger partial charge in [0.2, 0.25) is 0 Å². The molecule has 0 unspecified atom stereocenters. The van der Waals surface area contributed by atoms with E-state index in [0.29, 0.717) is 0 Å². The SMILES string of the molecule is CC(C)(N)C(C)(C)C(=O)CCS(=O)(=O)C(C)(C)C. The Morgan fingerprint density at radius 2 is 1.39 bits per heavy atom. The zero-order valence-electron chi connectivity index (χ0n) is 12.6. The summed E-state index contributed by atoms with van der Waals surface area (Å²) in [7, 11) is -3.26. The molecule has 18 heavy (non-hydrogen) atoms. The van der Waals surface area contributed by atoms with Crippen molar-refractivity contribution in [3.63, 3.8) is 0 Å². The molecule has 108 valence electrons. The van der Waals surface area contributed by atoms with Crippen LogP contribution in [0.25, 0.3) is 0 Å². The molecule has 0 aliphatic carbocycles. The van der Waals surface area contributed by atoms with Crippen molar-refractivity contribution in [1.29, 1.82) is 0 Å². The van der Waals surface area contributed by atoms with Gasteiger partial charge >= 0.3 is 0 Å². The van der Waals surface area contributed by atoms with Gasteiger partial charge in [-0.15, -0.1) is 0 Å². The van der Waals surface area contributed by atoms with Gasteiger partial charge in [-0.05, 0) is 34.6 Å². The molecule has 4 nitrogen and oxygen atoms in total. The highest BCUT2D eigenvalue weighted by Gasteiger charge is 2.40. The van der Waals surface area contributed by atoms with E-state index < -0.39 is 25.5 Å². The topological polar surface area (TPSA) is 77.2 Å². The molecular formula is C13H27NO3S. The van der Waals surface area contributed by atoms with E-state index >= 15 is 0 Å². The van der Waals surface area contributed by atoms with Gasteiger partial charge in [0.15, 0.2) is 9.84 Å². The maximum absolute atomic E-state index is 12.1. The molecule has 0 fully saturated rings. The largest absolute Gasteiger partial charge is 0.325 e. The standard InChI is InChI=1S/C13H27NO3S/c1-11(2,3)18(16,17)9-8-10(15)12(4,5)13(6,7)14/h8-9,14H2,1-7H3. The minimum absolute atomic E-state index is 0.0211. The van der Waals surface area contributed by atoms with Gasteiger partial charge in [-0.25, -0.2) is 8.42 Å². The van der Waals surface area contributed by atoms with Gasteiger partial charge in [0.25, 0.3) is 0 Å². The van der Waals surface area contributed by atoms with Crippen LogP contribution in [0, 0.1) is 5.41 Å². The van der Waals surface area contributed by atoms with E-state index in [4.69, 9.17) is 5.73 Å². The van der Waals surface area contributed by atoms with Crippen LogP contribution in [-0.2, 0) is 14.6 Å². The molecule has 0 aliphatic heterocycles. The van der Waals surface area contributed by atoms with Crippen LogP contribution in [0.4, 0.5) is 0 Å². The van der Waals surface area contributed by atoms with Crippen LogP contribution in [0.2, 0.25) is 0 Å². The number of hydrogen-bond acceptors (Lipinski definition) is 4. The summed E-state index contributed by atoms with van der Waals surface area (Å²) < 4.78 is 23.1. The molecule has 0 bridgehead atoms. The van der Waals surface area contributed by atoms with Gasteiger partial charge in [-0.3, -0.25) is 4.79 Å². The predicted molar refractivity (Wildman–Crippen MR) is 75.2 cm³/mol. The zero-order valence-corrected chi connectivity index (χ0v) is 13.4. The average molecular weight is 277 g/mol. The van der Waals surface area contributed by atoms with Crippen molar-refractivity contribution in [2.24, 2.45) is 11.1 Å². The lowest BCUT2D eigenvalue weighted by Gasteiger charge is -2.37. The minimum atomic E-state index is -3.26. The first kappa shape index (κ1) is 17.6. The first-order valence-electron chi connectivity index (χ1n) is 6.17. The van der Waals surface area contributed by atoms with Crippen molar-refractivity contribution in [3.8, 4) is 0 Å². The van der Waals surface area contributed by atoms with Gasteiger partial charge in [-0.2, -0.15) is 0 Å². The predicted octanol–water partition coefficient (Wildman–Crippen LogP) is 1.92. The van der Waals surface area contributed by atoms with E-state index in [0.717, 1.165) is 0 Å². The van der Waals surface area contributed by atoms with Crippen LogP contribution >= 0.6 is 0 Å². The molecule has 0 rings (SSSR count). The average Bonchev–Trinajstić information content (AvgIpc) is 2.10. The highest BCUT2D eigenvalue weighted by atomic mass is 32.2. The minimum Gasteiger partial charge on any atom is -0.325 e. The number of carbonyl (C=O) groups excluding carboxylic acids is 1. The van der Waals surface area contributed by atoms with E-state index in [-0.39, 0.29) is 18.0 Å². The van der Waals surface area contributed by atoms with Crippen molar-refractivity contribution in [2.75, 3.05) is 5.75 Å². The van der Waals surface area contributed by atoms with Crippen molar-refractivity contribution in [3.05, 3.63) is 0 Å². The summed E-state index contributed by atoms with van der Waals surface area (Å²) in [6, 6.07) is 0. The van der Waals surface area contributed by atoms with Crippen LogP contribution in [0.5, 0.6) is 0 Å². The summed E-state index contributed by atoms with van der Waals surface area (Å²) in [6.07, 6.45) is 0.0211. The Bertz CT molecular complexity index is 408. The third kappa shape index (κ3) is 3.79. The second kappa shape index (κ2) is 4.93. The van der Waals surface area contributed by atoms with Gasteiger partial charge in [-0.1, -0.05) is 13.8 Å². The Hall–Kier alpha value is -0.420. The van der Waals surface area contributed by atoms with E-state index in [1.807, 2.05) is 0 Å². The summed E-state index contributed by atoms with van der Waals surface area (Å²) in [5, 5.41) is 0. The molecule has 0 aromatic heterocycles. The van der Waals surface area contributed by atoms with Crippen molar-refractivity contribution in [2.45, 2.75) is 65.2 Å². The van der Waals surface area contributed by atoms with Gasteiger partial charge in [0.1, 0.15) is 5.78 Å². The molecular weight excluding hydrogens is 250 g/mol. The first-order chi connectivity index (χ1) is 7.63. The van der Waals surface area contributed by atoms with Crippen LogP contribution in [0.3, 0.4) is 0 Å². The fourth-order valence-electron chi connectivity index (χ4n) is 1.21. The summed E-state index contributed by atoms with van der Waals surface area (Å²) in [4.78, 5) is 12.1. The highest BCUT2D eigenvalue weighted by molar-refractivity contribution is 7.92. The van der Waals surface area contributed by atoms with E-state index in [1.165, 1.54) is 0 Å². The molecule has 0 radical (unpaired) electrons. The smallest absolute Gasteiger partial charge is 0.155 e. The number of carbonyl (C=O) groups is 1. The zero-order chi connectivity index (χ0) is 15.0. The summed E-state index contributed by atoms with van der Waals surface area (Å²) in [5.74, 6) is -0.225. The maximum Gasteiger partial charge on any atom is 0.155 e. The molecule has 0 aliphatic rings. The molecule has 0 saturated heterocycles. The lowest BCUT2D eigenvalue weighted by atomic mass is 9.71. The van der Waals surface area contributed by atoms with Gasteiger partial charge in [0, 0.05) is 17.4 Å². The van der Waals surface area contributed by atoms with E-state index in [2.05, 4.69) is 0 Å². The Morgan fingerprint density at radius 3 is 1.67 bits per heavy atom. The molecule has 0 aromatic carbocycles. The number of rotatable bonds is 5. The first-order valence-corrected chi connectivity index (χ1v) is 7.82. The Labute approximate surface area is 111 Å². The quantitative estimate of drug-likeness (QED) is 0.833. The fraction of sp³-hybridized carbons (Fsp3) is 0.923. The maximum atomic E-state index is 12.1. The Morgan fingerprint density at radius 1 is 1.00 bits per heavy atom. The molecule has 0 atom stereocenters. The Kier molecular flexibility index (Phi) is 4.81. The lowest BCUT2D eigenvalue weighted by Crippen LogP contribution is -2.52. The summed E-state index contributed by atoms with van der Waals surface area (Å²) in [5.41, 5.74) is 4.56. The molecule has 5 heteroatoms. The molecule has 0 aromatic rings. The molecule has 0 saturated carbocycles. The van der Waals surface area contributed by atoms with Gasteiger partial charge < -0.3 is 5.73 Å². The third-order valence-corrected chi connectivity index (χ3v) is 6.45. The number of Topliss-reactive ketones (excluding diaryl/α,β-unsaturated/α-hetero) is 1. The summed E-state index contributed by atoms with van der Waals surface area (Å²) >= 11 is 0. The monoisotopic (exact) mass is 277 g/mol. The molecule has 2 N–H and O–H groups in total. The number of hydrogen-bond donors (Lipinski definition) is 1. The second-order valence-corrected chi connectivity index (χ2v) is 9.81. The van der Waals surface area contributed by atoms with Crippen molar-refractivity contribution < 1.29 is 13.2 Å². The summed E-state index contributed by atoms with van der Waals surface area (Å²) in [6.45, 7) is 12.0. The van der Waals surface area contributed by atoms with E-state index in [9.17, 15) is 13.2 Å². The van der Waals surface area contributed by atoms with Crippen LogP contribution in [0.1, 0.15) is 54.9 Å². The number of ketones is 1. The number of sulfone groups is 1. The third-order valence-electron chi connectivity index (χ3n) is 3.84. The van der Waals surface area contributed by atoms with Gasteiger partial charge in [0.05, 0.1) is 10.5 Å². The Balaban J connectivity index is 4.85. The normalized spacial score (nSPS) is 14.7. The van der Waals surface area contributed by atoms with Crippen LogP contribution in [0.15, 0.2) is 0 Å². The van der Waals surface area contributed by atoms with Crippen LogP contribution < -0.4 is 5.73 Å². The second-order valence-electron chi connectivity index (χ2n) is 6.95. The fourth-order valence-corrected chi connectivity index (χ4v) is 2.27. The number of nitrogens with two attached hydrogens (primary N) is 1. The molecule has 0 spiro atoms. The van der Waals surface area contributed by atoms with Crippen molar-refractivity contribution >= 4 is 15.6 Å². The highest BCUT2D eigenvalue weighted by Crippen LogP contribution is 2.31. The molecule has 0 heterocycles. The lowest BCUT2D eigenvalue weighted by molar-refractivity contribution is -0.129. The van der Waals surface area contributed by atoms with E-state index in [1.54, 1.807) is 48.5 Å². The van der Waals surface area contributed by atoms with Crippen LogP contribution in [-0.4, -0.2) is 30.2 Å². The molecule has 0 amide bonds. The van der Waals surface area contributed by atoms with Crippen molar-refractivity contribution in [1.82, 2.24) is 0 Å².